The van der Waals surface area contributed by atoms with Crippen LogP contribution in [0, 0.1) is 11.6 Å². The molecule has 1 aromatic heterocycles. The van der Waals surface area contributed by atoms with Crippen LogP contribution in [0.4, 0.5) is 8.78 Å². The van der Waals surface area contributed by atoms with E-state index in [4.69, 9.17) is 11.6 Å². The lowest BCUT2D eigenvalue weighted by molar-refractivity contribution is 0.0965. The van der Waals surface area contributed by atoms with Crippen molar-refractivity contribution in [3.8, 4) is 0 Å². The van der Waals surface area contributed by atoms with Gasteiger partial charge in [0.05, 0.1) is 17.1 Å². The van der Waals surface area contributed by atoms with Crippen LogP contribution in [0.3, 0.4) is 0 Å². The number of para-hydroxylation sites is 1. The number of rotatable bonds is 3. The molecule has 0 saturated carbocycles. The highest BCUT2D eigenvalue weighted by Crippen LogP contribution is 2.26. The number of aromatic nitrogens is 1. The number of carbonyl (C=O) groups is 1. The molecule has 2 aromatic carbocycles. The number of ketones is 1. The Balaban J connectivity index is 2.01. The lowest BCUT2D eigenvalue weighted by Gasteiger charge is -2.06. The molecule has 0 bridgehead atoms. The second-order valence-electron chi connectivity index (χ2n) is 4.64. The Hall–Kier alpha value is -2.20. The predicted octanol–water partition coefficient (Wildman–Crippen LogP) is 4.46. The quantitative estimate of drug-likeness (QED) is 0.655. The molecule has 0 radical (unpaired) electrons. The molecule has 0 N–H and O–H groups in total. The molecule has 106 valence electrons. The summed E-state index contributed by atoms with van der Waals surface area (Å²) in [5.41, 5.74) is 0.221. The van der Waals surface area contributed by atoms with E-state index in [0.717, 1.165) is 23.0 Å². The van der Waals surface area contributed by atoms with Crippen LogP contribution in [0.15, 0.2) is 48.7 Å². The maximum atomic E-state index is 13.6. The van der Waals surface area contributed by atoms with E-state index in [0.29, 0.717) is 5.02 Å². The second-order valence-corrected chi connectivity index (χ2v) is 5.05. The molecule has 5 heteroatoms. The van der Waals surface area contributed by atoms with Crippen molar-refractivity contribution in [2.75, 3.05) is 0 Å². The van der Waals surface area contributed by atoms with Crippen LogP contribution >= 0.6 is 11.6 Å². The Morgan fingerprint density at radius 2 is 1.71 bits per heavy atom. The minimum Gasteiger partial charge on any atom is -0.338 e. The van der Waals surface area contributed by atoms with Gasteiger partial charge in [-0.2, -0.15) is 0 Å². The van der Waals surface area contributed by atoms with Crippen LogP contribution in [0.5, 0.6) is 0 Å². The van der Waals surface area contributed by atoms with Gasteiger partial charge in [0.15, 0.2) is 5.78 Å². The first-order valence-electron chi connectivity index (χ1n) is 6.28. The van der Waals surface area contributed by atoms with E-state index in [2.05, 4.69) is 0 Å². The Morgan fingerprint density at radius 3 is 2.43 bits per heavy atom. The lowest BCUT2D eigenvalue weighted by Crippen LogP contribution is -2.13. The second kappa shape index (κ2) is 5.30. The molecule has 0 aliphatic carbocycles. The zero-order valence-corrected chi connectivity index (χ0v) is 11.6. The molecule has 0 spiro atoms. The fraction of sp³-hybridized carbons (Fsp3) is 0.0625. The fourth-order valence-corrected chi connectivity index (χ4v) is 2.61. The summed E-state index contributed by atoms with van der Waals surface area (Å²) < 4.78 is 28.8. The molecule has 1 heterocycles. The van der Waals surface area contributed by atoms with E-state index in [1.807, 2.05) is 18.2 Å². The summed E-state index contributed by atoms with van der Waals surface area (Å²) in [6, 6.07) is 10.6. The van der Waals surface area contributed by atoms with Gasteiger partial charge in [0.25, 0.3) is 0 Å². The molecule has 2 nitrogen and oxygen atoms in total. The third-order valence-corrected chi connectivity index (χ3v) is 3.60. The predicted molar refractivity (Wildman–Crippen MR) is 77.6 cm³/mol. The highest BCUT2D eigenvalue weighted by Gasteiger charge is 2.18. The number of hydrogen-bond donors (Lipinski definition) is 0. The van der Waals surface area contributed by atoms with Crippen LogP contribution in [0.1, 0.15) is 10.4 Å². The Bertz CT molecular complexity index is 821. The van der Waals surface area contributed by atoms with Gasteiger partial charge in [-0.1, -0.05) is 35.9 Å². The maximum Gasteiger partial charge on any atom is 0.188 e. The zero-order chi connectivity index (χ0) is 15.0. The number of halogens is 3. The number of fused-ring (bicyclic) bond motifs is 1. The minimum atomic E-state index is -0.859. The molecule has 0 aliphatic rings. The van der Waals surface area contributed by atoms with Crippen molar-refractivity contribution in [1.29, 1.82) is 0 Å². The molecule has 0 saturated heterocycles. The maximum absolute atomic E-state index is 13.6. The molecule has 0 atom stereocenters. The number of Topliss-reactive ketones (excluding diaryl/α,β-unsaturated/α-hetero) is 1. The van der Waals surface area contributed by atoms with Gasteiger partial charge in [-0.15, -0.1) is 0 Å². The summed E-state index contributed by atoms with van der Waals surface area (Å²) in [5, 5.41) is 1.29. The molecule has 0 aliphatic heterocycles. The SMILES string of the molecule is O=C(Cn1cc(Cl)c2ccccc21)c1c(F)cccc1F. The van der Waals surface area contributed by atoms with E-state index in [-0.39, 0.29) is 6.54 Å². The van der Waals surface area contributed by atoms with Crippen LogP contribution in [-0.2, 0) is 6.54 Å². The van der Waals surface area contributed by atoms with E-state index < -0.39 is 23.0 Å². The van der Waals surface area contributed by atoms with Gasteiger partial charge in [0.1, 0.15) is 11.6 Å². The van der Waals surface area contributed by atoms with E-state index in [1.165, 1.54) is 6.07 Å². The van der Waals surface area contributed by atoms with E-state index >= 15 is 0 Å². The van der Waals surface area contributed by atoms with Crippen LogP contribution < -0.4 is 0 Å². The van der Waals surface area contributed by atoms with Crippen molar-refractivity contribution in [3.05, 3.63) is 70.9 Å². The average molecular weight is 306 g/mol. The highest BCUT2D eigenvalue weighted by molar-refractivity contribution is 6.35. The topological polar surface area (TPSA) is 22.0 Å². The molecule has 0 amide bonds. The van der Waals surface area contributed by atoms with Gasteiger partial charge in [-0.3, -0.25) is 4.79 Å². The summed E-state index contributed by atoms with van der Waals surface area (Å²) in [7, 11) is 0. The average Bonchev–Trinajstić information content (AvgIpc) is 2.76. The van der Waals surface area contributed by atoms with Crippen molar-refractivity contribution < 1.29 is 13.6 Å². The Labute approximate surface area is 124 Å². The molecule has 3 aromatic rings. The Morgan fingerprint density at radius 1 is 1.05 bits per heavy atom. The summed E-state index contributed by atoms with van der Waals surface area (Å²) in [4.78, 5) is 12.2. The van der Waals surface area contributed by atoms with Gasteiger partial charge in [0, 0.05) is 17.1 Å². The normalized spacial score (nSPS) is 11.0. The molecule has 0 fully saturated rings. The van der Waals surface area contributed by atoms with Gasteiger partial charge < -0.3 is 4.57 Å². The number of nitrogens with zero attached hydrogens (tertiary/aromatic N) is 1. The molecule has 0 unspecified atom stereocenters. The van der Waals surface area contributed by atoms with Gasteiger partial charge in [-0.05, 0) is 18.2 Å². The van der Waals surface area contributed by atoms with Crippen molar-refractivity contribution in [1.82, 2.24) is 4.57 Å². The minimum absolute atomic E-state index is 0.176. The van der Waals surface area contributed by atoms with Crippen LogP contribution in [0.25, 0.3) is 10.9 Å². The monoisotopic (exact) mass is 305 g/mol. The number of benzene rings is 2. The summed E-state index contributed by atoms with van der Waals surface area (Å²) in [5.74, 6) is -2.35. The van der Waals surface area contributed by atoms with Gasteiger partial charge >= 0.3 is 0 Å². The summed E-state index contributed by atoms with van der Waals surface area (Å²) >= 11 is 6.09. The van der Waals surface area contributed by atoms with Gasteiger partial charge in [0.2, 0.25) is 0 Å². The summed E-state index contributed by atoms with van der Waals surface area (Å²) in [6.45, 7) is -0.176. The van der Waals surface area contributed by atoms with Crippen molar-refractivity contribution in [2.24, 2.45) is 0 Å². The third kappa shape index (κ3) is 2.43. The van der Waals surface area contributed by atoms with E-state index in [9.17, 15) is 13.6 Å². The summed E-state index contributed by atoms with van der Waals surface area (Å²) in [6.07, 6.45) is 1.59. The third-order valence-electron chi connectivity index (χ3n) is 3.30. The highest BCUT2D eigenvalue weighted by atomic mass is 35.5. The zero-order valence-electron chi connectivity index (χ0n) is 10.8. The first-order valence-corrected chi connectivity index (χ1v) is 6.66. The first kappa shape index (κ1) is 13.8. The van der Waals surface area contributed by atoms with Crippen molar-refractivity contribution in [2.45, 2.75) is 6.54 Å². The Kier molecular flexibility index (Phi) is 3.47. The van der Waals surface area contributed by atoms with Crippen LogP contribution in [0.2, 0.25) is 5.02 Å². The lowest BCUT2D eigenvalue weighted by atomic mass is 10.1. The molecule has 3 rings (SSSR count). The van der Waals surface area contributed by atoms with Crippen molar-refractivity contribution in [3.63, 3.8) is 0 Å². The number of carbonyl (C=O) groups excluding carboxylic acids is 1. The first-order chi connectivity index (χ1) is 10.1. The molecular weight excluding hydrogens is 296 g/mol. The molecule has 21 heavy (non-hydrogen) atoms. The van der Waals surface area contributed by atoms with E-state index in [1.54, 1.807) is 16.8 Å². The fourth-order valence-electron chi connectivity index (χ4n) is 2.33. The largest absolute Gasteiger partial charge is 0.338 e. The standard InChI is InChI=1S/C16H10ClF2NO/c17-11-8-20(14-7-2-1-4-10(11)14)9-15(21)16-12(18)5-3-6-13(16)19/h1-8H,9H2. The van der Waals surface area contributed by atoms with Crippen LogP contribution in [-0.4, -0.2) is 10.4 Å². The smallest absolute Gasteiger partial charge is 0.188 e. The molecular formula is C16H10ClF2NO. The number of hydrogen-bond acceptors (Lipinski definition) is 1. The van der Waals surface area contributed by atoms with Crippen molar-refractivity contribution >= 4 is 28.3 Å². The van der Waals surface area contributed by atoms with Gasteiger partial charge in [-0.25, -0.2) is 8.78 Å².